The second-order valence-corrected chi connectivity index (χ2v) is 15.5. The van der Waals surface area contributed by atoms with Gasteiger partial charge in [0.15, 0.2) is 0 Å². The first kappa shape index (κ1) is 18.8. The topological polar surface area (TPSA) is 66.4 Å². The highest BCUT2D eigenvalue weighted by Crippen LogP contribution is 2.25. The van der Waals surface area contributed by atoms with Crippen molar-refractivity contribution in [3.63, 3.8) is 0 Å². The van der Waals surface area contributed by atoms with Gasteiger partial charge in [0, 0.05) is 14.6 Å². The highest BCUT2D eigenvalue weighted by Gasteiger charge is 2.33. The van der Waals surface area contributed by atoms with E-state index in [2.05, 4.69) is 30.9 Å². The number of sulfonamides is 1. The summed E-state index contributed by atoms with van der Waals surface area (Å²) in [5.41, 5.74) is -0.512. The molecule has 0 fully saturated rings. The van der Waals surface area contributed by atoms with Crippen molar-refractivity contribution in [1.29, 1.82) is 0 Å². The molecule has 0 aromatic heterocycles. The monoisotopic (exact) mass is 307 g/mol. The third-order valence-corrected chi connectivity index (χ3v) is 6.54. The van der Waals surface area contributed by atoms with Crippen molar-refractivity contribution >= 4 is 18.1 Å². The standard InChI is InChI=1S/C13H29NO3SSi/c1-11(9-19(6,7)8)13(5,15)10-14-18(16,17)12(2,3)4/h14-15H,1,9-10H2,2-8H3. The van der Waals surface area contributed by atoms with Gasteiger partial charge < -0.3 is 5.11 Å². The fourth-order valence-electron chi connectivity index (χ4n) is 1.41. The molecule has 0 heterocycles. The van der Waals surface area contributed by atoms with E-state index in [4.69, 9.17) is 0 Å². The number of rotatable bonds is 6. The maximum atomic E-state index is 12.0. The lowest BCUT2D eigenvalue weighted by Crippen LogP contribution is -2.47. The smallest absolute Gasteiger partial charge is 0.216 e. The number of nitrogens with one attached hydrogen (secondary N) is 1. The van der Waals surface area contributed by atoms with Crippen LogP contribution in [0.5, 0.6) is 0 Å². The molecule has 114 valence electrons. The minimum Gasteiger partial charge on any atom is -0.384 e. The Morgan fingerprint density at radius 1 is 1.21 bits per heavy atom. The lowest BCUT2D eigenvalue weighted by Gasteiger charge is -2.31. The predicted molar refractivity (Wildman–Crippen MR) is 84.6 cm³/mol. The molecule has 2 N–H and O–H groups in total. The molecule has 0 amide bonds. The fraction of sp³-hybridized carbons (Fsp3) is 0.846. The van der Waals surface area contributed by atoms with Gasteiger partial charge in [-0.25, -0.2) is 13.1 Å². The van der Waals surface area contributed by atoms with Crippen LogP contribution in [0.15, 0.2) is 12.2 Å². The first-order valence-corrected chi connectivity index (χ1v) is 11.7. The summed E-state index contributed by atoms with van der Waals surface area (Å²) in [5, 5.41) is 10.4. The number of aliphatic hydroxyl groups is 1. The van der Waals surface area contributed by atoms with E-state index >= 15 is 0 Å². The molecule has 0 saturated heterocycles. The Balaban J connectivity index is 4.78. The quantitative estimate of drug-likeness (QED) is 0.585. The van der Waals surface area contributed by atoms with Crippen LogP contribution >= 0.6 is 0 Å². The van der Waals surface area contributed by atoms with Gasteiger partial charge in [-0.3, -0.25) is 0 Å². The van der Waals surface area contributed by atoms with Crippen LogP contribution < -0.4 is 4.72 Å². The van der Waals surface area contributed by atoms with Gasteiger partial charge in [0.25, 0.3) is 0 Å². The summed E-state index contributed by atoms with van der Waals surface area (Å²) in [6, 6.07) is 0.775. The van der Waals surface area contributed by atoms with Gasteiger partial charge in [-0.1, -0.05) is 26.2 Å². The van der Waals surface area contributed by atoms with Crippen molar-refractivity contribution in [2.75, 3.05) is 6.54 Å². The lowest BCUT2D eigenvalue weighted by molar-refractivity contribution is 0.104. The molecule has 4 nitrogen and oxygen atoms in total. The zero-order valence-electron chi connectivity index (χ0n) is 13.3. The first-order chi connectivity index (χ1) is 8.08. The van der Waals surface area contributed by atoms with E-state index in [0.717, 1.165) is 6.04 Å². The van der Waals surface area contributed by atoms with Crippen molar-refractivity contribution in [2.24, 2.45) is 0 Å². The normalized spacial score (nSPS) is 17.1. The van der Waals surface area contributed by atoms with Crippen molar-refractivity contribution in [1.82, 2.24) is 4.72 Å². The Kier molecular flexibility index (Phi) is 5.62. The highest BCUT2D eigenvalue weighted by atomic mass is 32.2. The van der Waals surface area contributed by atoms with Gasteiger partial charge in [0.1, 0.15) is 0 Å². The maximum Gasteiger partial charge on any atom is 0.216 e. The molecule has 0 aliphatic rings. The van der Waals surface area contributed by atoms with Gasteiger partial charge in [-0.05, 0) is 39.3 Å². The maximum absolute atomic E-state index is 12.0. The molecule has 0 aliphatic heterocycles. The van der Waals surface area contributed by atoms with E-state index in [-0.39, 0.29) is 6.54 Å². The largest absolute Gasteiger partial charge is 0.384 e. The predicted octanol–water partition coefficient (Wildman–Crippen LogP) is 2.35. The minimum absolute atomic E-state index is 0.0318. The van der Waals surface area contributed by atoms with Crippen LogP contribution in [0.4, 0.5) is 0 Å². The van der Waals surface area contributed by atoms with Crippen LogP contribution in [0.25, 0.3) is 0 Å². The average Bonchev–Trinajstić information content (AvgIpc) is 2.10. The molecule has 19 heavy (non-hydrogen) atoms. The minimum atomic E-state index is -3.45. The van der Waals surface area contributed by atoms with Gasteiger partial charge in [-0.15, -0.1) is 0 Å². The first-order valence-electron chi connectivity index (χ1n) is 6.48. The molecular formula is C13H29NO3SSi. The molecule has 0 spiro atoms. The van der Waals surface area contributed by atoms with E-state index in [1.54, 1.807) is 27.7 Å². The number of hydrogen-bond donors (Lipinski definition) is 2. The summed E-state index contributed by atoms with van der Waals surface area (Å²) in [6.45, 7) is 16.9. The van der Waals surface area contributed by atoms with Crippen molar-refractivity contribution in [3.8, 4) is 0 Å². The molecule has 0 saturated carbocycles. The summed E-state index contributed by atoms with van der Waals surface area (Å²) in [7, 11) is -4.83. The van der Waals surface area contributed by atoms with E-state index in [0.29, 0.717) is 5.57 Å². The average molecular weight is 308 g/mol. The molecule has 0 aromatic rings. The zero-order chi connectivity index (χ0) is 15.7. The molecule has 0 rings (SSSR count). The van der Waals surface area contributed by atoms with Crippen LogP contribution in [-0.4, -0.2) is 38.5 Å². The van der Waals surface area contributed by atoms with Crippen molar-refractivity contribution in [3.05, 3.63) is 12.2 Å². The summed E-state index contributed by atoms with van der Waals surface area (Å²) >= 11 is 0. The van der Waals surface area contributed by atoms with Gasteiger partial charge in [-0.2, -0.15) is 0 Å². The van der Waals surface area contributed by atoms with Crippen LogP contribution in [-0.2, 0) is 10.0 Å². The second-order valence-electron chi connectivity index (χ2n) is 7.55. The summed E-state index contributed by atoms with van der Waals surface area (Å²) in [4.78, 5) is 0. The molecule has 1 unspecified atom stereocenters. The fourth-order valence-corrected chi connectivity index (χ4v) is 3.97. The lowest BCUT2D eigenvalue weighted by atomic mass is 9.99. The molecule has 0 aliphatic carbocycles. The molecular weight excluding hydrogens is 278 g/mol. The van der Waals surface area contributed by atoms with Crippen LogP contribution in [0.2, 0.25) is 25.7 Å². The Hall–Kier alpha value is -0.173. The van der Waals surface area contributed by atoms with Crippen LogP contribution in [0.3, 0.4) is 0 Å². The summed E-state index contributed by atoms with van der Waals surface area (Å²) < 4.78 is 25.5. The highest BCUT2D eigenvalue weighted by molar-refractivity contribution is 7.90. The van der Waals surface area contributed by atoms with Gasteiger partial charge in [0.05, 0.1) is 10.3 Å². The van der Waals surface area contributed by atoms with Crippen LogP contribution in [0.1, 0.15) is 27.7 Å². The van der Waals surface area contributed by atoms with E-state index < -0.39 is 28.4 Å². The zero-order valence-corrected chi connectivity index (χ0v) is 15.1. The molecule has 0 aromatic carbocycles. The van der Waals surface area contributed by atoms with Gasteiger partial charge >= 0.3 is 0 Å². The molecule has 0 bridgehead atoms. The summed E-state index contributed by atoms with van der Waals surface area (Å²) in [5.74, 6) is 0. The Labute approximate surface area is 119 Å². The van der Waals surface area contributed by atoms with Gasteiger partial charge in [0.2, 0.25) is 10.0 Å². The Bertz CT molecular complexity index is 428. The third-order valence-electron chi connectivity index (χ3n) is 2.92. The Morgan fingerprint density at radius 3 is 1.95 bits per heavy atom. The molecule has 1 atom stereocenters. The van der Waals surface area contributed by atoms with Crippen molar-refractivity contribution in [2.45, 2.75) is 63.7 Å². The van der Waals surface area contributed by atoms with Crippen molar-refractivity contribution < 1.29 is 13.5 Å². The van der Waals surface area contributed by atoms with E-state index in [1.165, 1.54) is 0 Å². The molecule has 0 radical (unpaired) electrons. The van der Waals surface area contributed by atoms with E-state index in [1.807, 2.05) is 0 Å². The summed E-state index contributed by atoms with van der Waals surface area (Å²) in [6.07, 6.45) is 0. The van der Waals surface area contributed by atoms with E-state index in [9.17, 15) is 13.5 Å². The Morgan fingerprint density at radius 2 is 1.63 bits per heavy atom. The number of hydrogen-bond acceptors (Lipinski definition) is 3. The third kappa shape index (κ3) is 6.20. The SMILES string of the molecule is C=C(C[Si](C)(C)C)C(C)(O)CNS(=O)(=O)C(C)(C)C. The second kappa shape index (κ2) is 5.67. The van der Waals surface area contributed by atoms with Crippen LogP contribution in [0, 0.1) is 0 Å². The molecule has 6 heteroatoms.